The molecule has 2 atom stereocenters. The molecular weight excluding hydrogens is 442 g/mol. The maximum Gasteiger partial charge on any atom is 0.134 e. The number of hydrogen-bond donors (Lipinski definition) is 1. The third kappa shape index (κ3) is 4.76. The molecule has 0 bridgehead atoms. The summed E-state index contributed by atoms with van der Waals surface area (Å²) >= 11 is 0. The first-order valence-corrected chi connectivity index (χ1v) is 12.8. The van der Waals surface area contributed by atoms with Crippen molar-refractivity contribution in [1.82, 2.24) is 9.80 Å². The van der Waals surface area contributed by atoms with Crippen molar-refractivity contribution in [2.24, 2.45) is 4.99 Å². The lowest BCUT2D eigenvalue weighted by atomic mass is 9.90. The van der Waals surface area contributed by atoms with E-state index < -0.39 is 6.23 Å². The molecule has 1 saturated heterocycles. The first-order chi connectivity index (χ1) is 17.7. The molecule has 0 aliphatic carbocycles. The SMILES string of the molecule is OC1c2ccc(N=C(c3ccccc3)c3ccccc3)cc2CC2CN(Cc3ccccc3)CCN21. The van der Waals surface area contributed by atoms with Crippen molar-refractivity contribution in [1.29, 1.82) is 0 Å². The standard InChI is InChI=1S/C32H31N3O/c36-32-30-17-16-28(33-31(25-12-6-2-7-13-25)26-14-8-3-9-15-26)20-27(30)21-29-23-34(18-19-35(29)32)22-24-10-4-1-5-11-24/h1-17,20,29,32,36H,18-19,21-23H2. The highest BCUT2D eigenvalue weighted by Gasteiger charge is 2.37. The third-order valence-corrected chi connectivity index (χ3v) is 7.37. The zero-order chi connectivity index (χ0) is 24.3. The number of fused-ring (bicyclic) bond motifs is 2. The van der Waals surface area contributed by atoms with E-state index in [-0.39, 0.29) is 0 Å². The van der Waals surface area contributed by atoms with Gasteiger partial charge in [-0.05, 0) is 35.2 Å². The minimum atomic E-state index is -0.557. The lowest BCUT2D eigenvalue weighted by Gasteiger charge is -2.47. The van der Waals surface area contributed by atoms with E-state index in [1.54, 1.807) is 0 Å². The molecule has 4 nitrogen and oxygen atoms in total. The van der Waals surface area contributed by atoms with Crippen molar-refractivity contribution in [3.05, 3.63) is 137 Å². The first-order valence-electron chi connectivity index (χ1n) is 12.8. The third-order valence-electron chi connectivity index (χ3n) is 7.37. The number of aliphatic hydroxyl groups is 1. The van der Waals surface area contributed by atoms with Crippen molar-refractivity contribution in [2.45, 2.75) is 25.2 Å². The van der Waals surface area contributed by atoms with Crippen LogP contribution in [0.25, 0.3) is 0 Å². The Kier molecular flexibility index (Phi) is 6.48. The molecule has 4 aromatic rings. The largest absolute Gasteiger partial charge is 0.374 e. The molecule has 36 heavy (non-hydrogen) atoms. The Hall–Kier alpha value is -3.57. The normalized spacial score (nSPS) is 19.8. The van der Waals surface area contributed by atoms with E-state index in [9.17, 15) is 5.11 Å². The Bertz CT molecular complexity index is 1300. The van der Waals surface area contributed by atoms with Gasteiger partial charge in [-0.25, -0.2) is 4.99 Å². The van der Waals surface area contributed by atoms with Crippen LogP contribution in [0.5, 0.6) is 0 Å². The molecule has 1 N–H and O–H groups in total. The van der Waals surface area contributed by atoms with Crippen molar-refractivity contribution >= 4 is 11.4 Å². The molecule has 180 valence electrons. The lowest BCUT2D eigenvalue weighted by Crippen LogP contribution is -2.56. The predicted octanol–water partition coefficient (Wildman–Crippen LogP) is 5.59. The van der Waals surface area contributed by atoms with Crippen LogP contribution in [-0.4, -0.2) is 46.3 Å². The average Bonchev–Trinajstić information content (AvgIpc) is 2.93. The fraction of sp³-hybridized carbons (Fsp3) is 0.219. The Labute approximate surface area is 213 Å². The van der Waals surface area contributed by atoms with Crippen molar-refractivity contribution < 1.29 is 5.11 Å². The van der Waals surface area contributed by atoms with E-state index in [4.69, 9.17) is 4.99 Å². The molecule has 4 aromatic carbocycles. The number of benzene rings is 4. The summed E-state index contributed by atoms with van der Waals surface area (Å²) in [6.45, 7) is 3.76. The van der Waals surface area contributed by atoms with E-state index in [0.717, 1.165) is 60.7 Å². The summed E-state index contributed by atoms with van der Waals surface area (Å²) in [5.74, 6) is 0. The molecule has 2 aliphatic heterocycles. The summed E-state index contributed by atoms with van der Waals surface area (Å²) in [7, 11) is 0. The number of aliphatic imine (C=N–C) groups is 1. The molecule has 0 radical (unpaired) electrons. The quantitative estimate of drug-likeness (QED) is 0.384. The minimum absolute atomic E-state index is 0.298. The minimum Gasteiger partial charge on any atom is -0.374 e. The summed E-state index contributed by atoms with van der Waals surface area (Å²) in [5, 5.41) is 11.2. The molecule has 2 heterocycles. The smallest absolute Gasteiger partial charge is 0.134 e. The van der Waals surface area contributed by atoms with Gasteiger partial charge in [0.2, 0.25) is 0 Å². The van der Waals surface area contributed by atoms with E-state index >= 15 is 0 Å². The summed E-state index contributed by atoms with van der Waals surface area (Å²) in [5.41, 5.74) is 7.63. The van der Waals surface area contributed by atoms with Crippen molar-refractivity contribution in [2.75, 3.05) is 19.6 Å². The van der Waals surface area contributed by atoms with Gasteiger partial charge in [-0.2, -0.15) is 0 Å². The Morgan fingerprint density at radius 1 is 0.778 bits per heavy atom. The van der Waals surface area contributed by atoms with E-state index in [0.29, 0.717) is 6.04 Å². The fourth-order valence-electron chi connectivity index (χ4n) is 5.56. The highest BCUT2D eigenvalue weighted by Crippen LogP contribution is 2.35. The first kappa shape index (κ1) is 22.9. The number of nitrogens with zero attached hydrogens (tertiary/aromatic N) is 3. The fourth-order valence-corrected chi connectivity index (χ4v) is 5.56. The van der Waals surface area contributed by atoms with Crippen LogP contribution in [0.4, 0.5) is 5.69 Å². The molecule has 2 aliphatic rings. The van der Waals surface area contributed by atoms with Crippen LogP contribution in [0.3, 0.4) is 0 Å². The summed E-state index contributed by atoms with van der Waals surface area (Å²) in [6, 6.07) is 37.9. The topological polar surface area (TPSA) is 39.1 Å². The van der Waals surface area contributed by atoms with Gasteiger partial charge in [-0.15, -0.1) is 0 Å². The number of piperazine rings is 1. The second kappa shape index (κ2) is 10.2. The Morgan fingerprint density at radius 3 is 2.08 bits per heavy atom. The summed E-state index contributed by atoms with van der Waals surface area (Å²) < 4.78 is 0. The highest BCUT2D eigenvalue weighted by molar-refractivity contribution is 6.13. The van der Waals surface area contributed by atoms with Crippen LogP contribution in [0, 0.1) is 0 Å². The number of rotatable bonds is 5. The van der Waals surface area contributed by atoms with Crippen molar-refractivity contribution in [3.8, 4) is 0 Å². The zero-order valence-corrected chi connectivity index (χ0v) is 20.4. The Balaban J connectivity index is 1.28. The maximum absolute atomic E-state index is 11.2. The van der Waals surface area contributed by atoms with Crippen LogP contribution in [0.2, 0.25) is 0 Å². The lowest BCUT2D eigenvalue weighted by molar-refractivity contribution is -0.0720. The predicted molar refractivity (Wildman–Crippen MR) is 146 cm³/mol. The number of hydrogen-bond acceptors (Lipinski definition) is 4. The molecule has 0 aromatic heterocycles. The van der Waals surface area contributed by atoms with Gasteiger partial charge in [0.1, 0.15) is 6.23 Å². The van der Waals surface area contributed by atoms with Gasteiger partial charge in [0, 0.05) is 43.3 Å². The van der Waals surface area contributed by atoms with Crippen molar-refractivity contribution in [3.63, 3.8) is 0 Å². The number of aliphatic hydroxyl groups excluding tert-OH is 1. The molecule has 0 saturated carbocycles. The van der Waals surface area contributed by atoms with Crippen LogP contribution in [0.15, 0.2) is 114 Å². The second-order valence-electron chi connectivity index (χ2n) is 9.77. The molecule has 4 heteroatoms. The van der Waals surface area contributed by atoms with Gasteiger partial charge in [-0.1, -0.05) is 97.1 Å². The molecule has 0 spiro atoms. The molecule has 6 rings (SSSR count). The van der Waals surface area contributed by atoms with E-state index in [2.05, 4.69) is 101 Å². The molecule has 2 unspecified atom stereocenters. The van der Waals surface area contributed by atoms with Gasteiger partial charge in [-0.3, -0.25) is 9.80 Å². The van der Waals surface area contributed by atoms with Crippen LogP contribution in [-0.2, 0) is 13.0 Å². The monoisotopic (exact) mass is 473 g/mol. The van der Waals surface area contributed by atoms with E-state index in [1.165, 1.54) is 11.1 Å². The van der Waals surface area contributed by atoms with Gasteiger partial charge in [0.15, 0.2) is 0 Å². The van der Waals surface area contributed by atoms with Gasteiger partial charge in [0.25, 0.3) is 0 Å². The van der Waals surface area contributed by atoms with Gasteiger partial charge in [0.05, 0.1) is 11.4 Å². The van der Waals surface area contributed by atoms with E-state index in [1.807, 2.05) is 18.2 Å². The van der Waals surface area contributed by atoms with Crippen LogP contribution < -0.4 is 0 Å². The molecule has 0 amide bonds. The summed E-state index contributed by atoms with van der Waals surface area (Å²) in [6.07, 6.45) is 0.367. The van der Waals surface area contributed by atoms with Gasteiger partial charge < -0.3 is 5.11 Å². The zero-order valence-electron chi connectivity index (χ0n) is 20.4. The molecular formula is C32H31N3O. The van der Waals surface area contributed by atoms with Crippen LogP contribution >= 0.6 is 0 Å². The van der Waals surface area contributed by atoms with Gasteiger partial charge >= 0.3 is 0 Å². The highest BCUT2D eigenvalue weighted by atomic mass is 16.3. The van der Waals surface area contributed by atoms with Crippen LogP contribution in [0.1, 0.15) is 34.0 Å². The Morgan fingerprint density at radius 2 is 1.42 bits per heavy atom. The summed E-state index contributed by atoms with van der Waals surface area (Å²) in [4.78, 5) is 9.90. The average molecular weight is 474 g/mol. The second-order valence-corrected chi connectivity index (χ2v) is 9.77. The maximum atomic E-state index is 11.2. The molecule has 1 fully saturated rings.